The Morgan fingerprint density at radius 1 is 1.16 bits per heavy atom. The Hall–Kier alpha value is -3.76. The molecule has 234 valence electrons. The van der Waals surface area contributed by atoms with Gasteiger partial charge in [-0.25, -0.2) is 19.8 Å². The van der Waals surface area contributed by atoms with Crippen LogP contribution in [0.4, 0.5) is 4.39 Å². The minimum atomic E-state index is -0.615. The van der Waals surface area contributed by atoms with Crippen molar-refractivity contribution in [1.29, 1.82) is 0 Å². The number of aryl methyl sites for hydroxylation is 1. The molecular formula is C34H33Cl2FN4O4. The summed E-state index contributed by atoms with van der Waals surface area (Å²) in [4.78, 5) is 23.0. The number of amides is 1. The first-order valence-corrected chi connectivity index (χ1v) is 15.7. The maximum absolute atomic E-state index is 14.6. The predicted octanol–water partition coefficient (Wildman–Crippen LogP) is 7.76. The summed E-state index contributed by atoms with van der Waals surface area (Å²) in [5.41, 5.74) is 6.97. The van der Waals surface area contributed by atoms with Crippen molar-refractivity contribution < 1.29 is 23.9 Å². The van der Waals surface area contributed by atoms with Crippen LogP contribution in [0.1, 0.15) is 94.7 Å². The molecule has 2 aliphatic carbocycles. The van der Waals surface area contributed by atoms with E-state index in [0.29, 0.717) is 68.3 Å². The van der Waals surface area contributed by atoms with Gasteiger partial charge in [0.2, 0.25) is 0 Å². The fourth-order valence-electron chi connectivity index (χ4n) is 5.72. The highest BCUT2D eigenvalue weighted by Crippen LogP contribution is 2.43. The number of aromatic hydroxyl groups is 1. The van der Waals surface area contributed by atoms with Gasteiger partial charge in [-0.1, -0.05) is 48.3 Å². The summed E-state index contributed by atoms with van der Waals surface area (Å²) < 4.78 is 20.5. The molecule has 2 unspecified atom stereocenters. The van der Waals surface area contributed by atoms with Gasteiger partial charge in [0.1, 0.15) is 22.8 Å². The van der Waals surface area contributed by atoms with E-state index in [1.54, 1.807) is 30.3 Å². The van der Waals surface area contributed by atoms with Crippen molar-refractivity contribution in [2.24, 2.45) is 0 Å². The fraction of sp³-hybridized carbons (Fsp3) is 0.324. The number of hydroxylamine groups is 1. The van der Waals surface area contributed by atoms with E-state index >= 15 is 0 Å². The van der Waals surface area contributed by atoms with Crippen LogP contribution >= 0.6 is 23.2 Å². The van der Waals surface area contributed by atoms with E-state index in [2.05, 4.69) is 15.8 Å². The van der Waals surface area contributed by atoms with Gasteiger partial charge in [-0.15, -0.1) is 0 Å². The molecule has 0 radical (unpaired) electrons. The maximum atomic E-state index is 14.6. The number of fused-ring (bicyclic) bond motifs is 1. The Kier molecular flexibility index (Phi) is 8.97. The number of nitrogens with one attached hydrogen (secondary N) is 2. The number of carbonyl (C=O) groups is 1. The van der Waals surface area contributed by atoms with Crippen molar-refractivity contribution in [2.75, 3.05) is 13.1 Å². The van der Waals surface area contributed by atoms with E-state index in [4.69, 9.17) is 32.6 Å². The fourth-order valence-corrected chi connectivity index (χ4v) is 6.19. The average Bonchev–Trinajstić information content (AvgIpc) is 3.77. The second kappa shape index (κ2) is 12.9. The summed E-state index contributed by atoms with van der Waals surface area (Å²) in [5.74, 6) is -0.788. The highest BCUT2D eigenvalue weighted by atomic mass is 35.5. The van der Waals surface area contributed by atoms with Crippen molar-refractivity contribution >= 4 is 45.8 Å². The van der Waals surface area contributed by atoms with Gasteiger partial charge in [0.15, 0.2) is 11.5 Å². The van der Waals surface area contributed by atoms with Gasteiger partial charge in [0.25, 0.3) is 5.91 Å². The standard InChI is InChI=1S/C34H33Cl2FN4O4/c1-17-11-21(13-28-30(17)41-34(45-28)19-9-10-19)33(43)38-16-25(20-5-3-6-22(37)12-20)27-14-24(18(2)15-39-44)32(42)31(40-27)23-7-4-8-26(35)29(23)36/h3,5-7,11-14,18-19,25,39,42,44H,4,8-10,15-16H2,1-2H3,(H,38,43). The number of aromatic nitrogens is 2. The number of carbonyl (C=O) groups excluding carboxylic acids is 1. The normalized spacial score (nSPS) is 16.5. The van der Waals surface area contributed by atoms with Crippen molar-refractivity contribution in [3.63, 3.8) is 0 Å². The maximum Gasteiger partial charge on any atom is 0.251 e. The van der Waals surface area contributed by atoms with Crippen molar-refractivity contribution in [1.82, 2.24) is 20.8 Å². The Balaban J connectivity index is 1.39. The molecule has 4 aromatic rings. The van der Waals surface area contributed by atoms with E-state index in [1.165, 1.54) is 12.1 Å². The van der Waals surface area contributed by atoms with Crippen LogP contribution in [0.3, 0.4) is 0 Å². The summed E-state index contributed by atoms with van der Waals surface area (Å²) in [7, 11) is 0. The monoisotopic (exact) mass is 650 g/mol. The summed E-state index contributed by atoms with van der Waals surface area (Å²) in [5, 5.41) is 24.6. The highest BCUT2D eigenvalue weighted by Gasteiger charge is 2.30. The molecule has 0 spiro atoms. The third kappa shape index (κ3) is 6.49. The molecule has 0 bridgehead atoms. The quantitative estimate of drug-likeness (QED) is 0.129. The smallest absolute Gasteiger partial charge is 0.251 e. The largest absolute Gasteiger partial charge is 0.505 e. The molecule has 6 rings (SSSR count). The second-order valence-electron chi connectivity index (χ2n) is 11.8. The van der Waals surface area contributed by atoms with Crippen LogP contribution in [0.5, 0.6) is 5.75 Å². The van der Waals surface area contributed by atoms with Crippen LogP contribution in [0.25, 0.3) is 16.7 Å². The Labute approximate surface area is 269 Å². The summed E-state index contributed by atoms with van der Waals surface area (Å²) in [6.07, 6.45) is 5.16. The van der Waals surface area contributed by atoms with E-state index in [0.717, 1.165) is 23.9 Å². The topological polar surface area (TPSA) is 121 Å². The van der Waals surface area contributed by atoms with Gasteiger partial charge in [0, 0.05) is 46.7 Å². The molecule has 1 amide bonds. The second-order valence-corrected chi connectivity index (χ2v) is 12.6. The molecule has 1 saturated carbocycles. The Bertz CT molecular complexity index is 1850. The van der Waals surface area contributed by atoms with Crippen molar-refractivity contribution in [3.8, 4) is 5.75 Å². The molecule has 0 aliphatic heterocycles. The lowest BCUT2D eigenvalue weighted by Gasteiger charge is -2.24. The minimum Gasteiger partial charge on any atom is -0.505 e. The Morgan fingerprint density at radius 3 is 2.69 bits per heavy atom. The molecule has 11 heteroatoms. The van der Waals surface area contributed by atoms with Gasteiger partial charge in [-0.05, 0) is 80.0 Å². The van der Waals surface area contributed by atoms with E-state index < -0.39 is 11.7 Å². The predicted molar refractivity (Wildman–Crippen MR) is 171 cm³/mol. The van der Waals surface area contributed by atoms with E-state index in [9.17, 15) is 19.5 Å². The minimum absolute atomic E-state index is 0.0652. The number of rotatable bonds is 10. The third-order valence-electron chi connectivity index (χ3n) is 8.38. The number of halogens is 3. The molecule has 2 aromatic heterocycles. The number of hydrogen-bond donors (Lipinski definition) is 4. The number of allylic oxidation sites excluding steroid dienone is 4. The zero-order valence-electron chi connectivity index (χ0n) is 24.8. The lowest BCUT2D eigenvalue weighted by Crippen LogP contribution is -2.29. The van der Waals surface area contributed by atoms with Crippen LogP contribution in [-0.4, -0.2) is 39.3 Å². The van der Waals surface area contributed by atoms with Crippen LogP contribution in [0, 0.1) is 12.7 Å². The number of benzene rings is 2. The van der Waals surface area contributed by atoms with Crippen molar-refractivity contribution in [3.05, 3.63) is 104 Å². The molecule has 4 N–H and O–H groups in total. The average molecular weight is 652 g/mol. The van der Waals surface area contributed by atoms with Crippen LogP contribution in [-0.2, 0) is 0 Å². The number of nitrogens with zero attached hydrogens (tertiary/aromatic N) is 2. The summed E-state index contributed by atoms with van der Waals surface area (Å²) >= 11 is 13.0. The zero-order valence-corrected chi connectivity index (χ0v) is 26.3. The molecular weight excluding hydrogens is 618 g/mol. The molecule has 0 saturated heterocycles. The van der Waals surface area contributed by atoms with Gasteiger partial charge >= 0.3 is 0 Å². The molecule has 2 heterocycles. The van der Waals surface area contributed by atoms with Gasteiger partial charge < -0.3 is 20.0 Å². The number of hydrogen-bond acceptors (Lipinski definition) is 7. The Morgan fingerprint density at radius 2 is 1.96 bits per heavy atom. The third-order valence-corrected chi connectivity index (χ3v) is 9.28. The van der Waals surface area contributed by atoms with Gasteiger partial charge in [-0.2, -0.15) is 0 Å². The van der Waals surface area contributed by atoms with Crippen LogP contribution < -0.4 is 10.8 Å². The molecule has 2 aromatic carbocycles. The molecule has 1 fully saturated rings. The number of oxazole rings is 1. The number of pyridine rings is 1. The molecule has 45 heavy (non-hydrogen) atoms. The summed E-state index contributed by atoms with van der Waals surface area (Å²) in [6.45, 7) is 3.94. The summed E-state index contributed by atoms with van der Waals surface area (Å²) in [6, 6.07) is 11.3. The first kappa shape index (κ1) is 31.2. The van der Waals surface area contributed by atoms with Gasteiger partial charge in [0.05, 0.1) is 10.7 Å². The highest BCUT2D eigenvalue weighted by molar-refractivity contribution is 6.44. The van der Waals surface area contributed by atoms with Crippen LogP contribution in [0.2, 0.25) is 0 Å². The SMILES string of the molecule is Cc1cc(C(=O)NCC(c2cccc(F)c2)c2cc(C(C)CNO)c(O)c(C3=CCCC(Cl)=C3Cl)n2)cc2oc(C3CC3)nc12. The molecule has 2 aliphatic rings. The van der Waals surface area contributed by atoms with Crippen LogP contribution in [0.15, 0.2) is 63.0 Å². The van der Waals surface area contributed by atoms with Crippen molar-refractivity contribution in [2.45, 2.75) is 57.3 Å². The van der Waals surface area contributed by atoms with Gasteiger partial charge in [-0.3, -0.25) is 4.79 Å². The molecule has 8 nitrogen and oxygen atoms in total. The zero-order chi connectivity index (χ0) is 31.8. The van der Waals surface area contributed by atoms with E-state index in [-0.39, 0.29) is 36.4 Å². The lowest BCUT2D eigenvalue weighted by atomic mass is 9.89. The first-order chi connectivity index (χ1) is 21.6. The van der Waals surface area contributed by atoms with E-state index in [1.807, 2.05) is 19.9 Å². The molecule has 2 atom stereocenters. The first-order valence-electron chi connectivity index (χ1n) is 14.9. The lowest BCUT2D eigenvalue weighted by molar-refractivity contribution is 0.0952.